The fourth-order valence-corrected chi connectivity index (χ4v) is 2.39. The molecule has 1 atom stereocenters. The van der Waals surface area contributed by atoms with Gasteiger partial charge in [0.05, 0.1) is 19.3 Å². The number of benzene rings is 1. The molecule has 1 saturated heterocycles. The van der Waals surface area contributed by atoms with E-state index in [0.717, 1.165) is 6.54 Å². The van der Waals surface area contributed by atoms with Crippen molar-refractivity contribution in [2.75, 3.05) is 33.8 Å². The number of carbonyl (C=O) groups is 1. The number of likely N-dealkylation sites (N-methyl/N-ethyl adjacent to an activating group) is 1. The predicted octanol–water partition coefficient (Wildman–Crippen LogP) is 0.631. The molecule has 2 rings (SSSR count). The van der Waals surface area contributed by atoms with E-state index in [1.54, 1.807) is 7.05 Å². The third-order valence-corrected chi connectivity index (χ3v) is 3.50. The van der Waals surface area contributed by atoms with E-state index in [2.05, 4.69) is 5.32 Å². The molecule has 2 N–H and O–H groups in total. The minimum Gasteiger partial charge on any atom is -0.494 e. The zero-order chi connectivity index (χ0) is 14.8. The number of methoxy groups -OCH3 is 1. The Morgan fingerprint density at radius 3 is 2.95 bits per heavy atom. The van der Waals surface area contributed by atoms with Gasteiger partial charge in [-0.1, -0.05) is 0 Å². The molecule has 5 nitrogen and oxygen atoms in total. The summed E-state index contributed by atoms with van der Waals surface area (Å²) in [6.07, 6.45) is 0.608. The predicted molar refractivity (Wildman–Crippen MR) is 72.3 cm³/mol. The van der Waals surface area contributed by atoms with E-state index in [1.807, 2.05) is 0 Å². The van der Waals surface area contributed by atoms with Crippen molar-refractivity contribution in [3.05, 3.63) is 29.6 Å². The highest BCUT2D eigenvalue weighted by Crippen LogP contribution is 2.21. The lowest BCUT2D eigenvalue weighted by Gasteiger charge is -2.28. The van der Waals surface area contributed by atoms with Gasteiger partial charge < -0.3 is 20.1 Å². The number of nitrogens with zero attached hydrogens (tertiary/aromatic N) is 1. The molecular weight excluding hydrogens is 263 g/mol. The van der Waals surface area contributed by atoms with Gasteiger partial charge in [-0.05, 0) is 31.2 Å². The topological polar surface area (TPSA) is 61.8 Å². The number of amides is 1. The Morgan fingerprint density at radius 1 is 1.60 bits per heavy atom. The fourth-order valence-electron chi connectivity index (χ4n) is 2.39. The van der Waals surface area contributed by atoms with Crippen LogP contribution in [0.1, 0.15) is 16.8 Å². The maximum absolute atomic E-state index is 13.3. The van der Waals surface area contributed by atoms with Crippen LogP contribution in [0, 0.1) is 5.82 Å². The molecule has 110 valence electrons. The van der Waals surface area contributed by atoms with Gasteiger partial charge in [0.2, 0.25) is 0 Å². The normalized spacial score (nSPS) is 21.8. The first kappa shape index (κ1) is 14.7. The molecule has 0 aromatic heterocycles. The van der Waals surface area contributed by atoms with E-state index >= 15 is 0 Å². The number of β-amino-alcohol motifs (C(OH)–C–C–N with tert-alkyl or cyclic N) is 1. The molecule has 1 unspecified atom stereocenters. The van der Waals surface area contributed by atoms with Gasteiger partial charge in [0.25, 0.3) is 5.91 Å². The molecule has 1 amide bonds. The van der Waals surface area contributed by atoms with E-state index in [4.69, 9.17) is 4.74 Å². The molecular formula is C14H19FN2O3. The van der Waals surface area contributed by atoms with Crippen molar-refractivity contribution >= 4 is 5.91 Å². The minimum absolute atomic E-state index is 0.0329. The molecule has 1 aromatic carbocycles. The number of aliphatic hydroxyl groups is 1. The van der Waals surface area contributed by atoms with Crippen molar-refractivity contribution in [1.82, 2.24) is 10.2 Å². The first-order chi connectivity index (χ1) is 9.45. The molecule has 0 spiro atoms. The van der Waals surface area contributed by atoms with Crippen LogP contribution in [0.3, 0.4) is 0 Å². The molecule has 0 aliphatic carbocycles. The van der Waals surface area contributed by atoms with Crippen molar-refractivity contribution in [3.63, 3.8) is 0 Å². The van der Waals surface area contributed by atoms with Crippen LogP contribution in [0.5, 0.6) is 5.75 Å². The number of hydrogen-bond donors (Lipinski definition) is 2. The minimum atomic E-state index is -0.894. The van der Waals surface area contributed by atoms with Crippen LogP contribution in [0.25, 0.3) is 0 Å². The smallest absolute Gasteiger partial charge is 0.253 e. The van der Waals surface area contributed by atoms with E-state index in [-0.39, 0.29) is 18.2 Å². The summed E-state index contributed by atoms with van der Waals surface area (Å²) in [6.45, 7) is 1.44. The lowest BCUT2D eigenvalue weighted by atomic mass is 10.0. The Kier molecular flexibility index (Phi) is 4.25. The van der Waals surface area contributed by atoms with Gasteiger partial charge >= 0.3 is 0 Å². The van der Waals surface area contributed by atoms with Crippen molar-refractivity contribution < 1.29 is 19.0 Å². The third kappa shape index (κ3) is 3.08. The van der Waals surface area contributed by atoms with Crippen molar-refractivity contribution in [3.8, 4) is 5.75 Å². The second kappa shape index (κ2) is 5.76. The number of rotatable bonds is 4. The molecule has 0 saturated carbocycles. The SMILES string of the molecule is COc1cc(C(=O)N(C)CC2(O)CCNC2)ccc1F. The monoisotopic (exact) mass is 282 g/mol. The number of carbonyl (C=O) groups excluding carboxylic acids is 1. The first-order valence-electron chi connectivity index (χ1n) is 6.47. The lowest BCUT2D eigenvalue weighted by Crippen LogP contribution is -2.45. The second-order valence-electron chi connectivity index (χ2n) is 5.16. The molecule has 20 heavy (non-hydrogen) atoms. The lowest BCUT2D eigenvalue weighted by molar-refractivity contribution is 0.0252. The van der Waals surface area contributed by atoms with E-state index in [0.29, 0.717) is 18.5 Å². The van der Waals surface area contributed by atoms with Gasteiger partial charge in [0.15, 0.2) is 11.6 Å². The summed E-state index contributed by atoms with van der Waals surface area (Å²) in [5, 5.41) is 13.3. The van der Waals surface area contributed by atoms with Crippen LogP contribution in [0.15, 0.2) is 18.2 Å². The molecule has 1 fully saturated rings. The Labute approximate surface area is 117 Å². The van der Waals surface area contributed by atoms with Crippen LogP contribution in [-0.2, 0) is 0 Å². The summed E-state index contributed by atoms with van der Waals surface area (Å²) in [5.74, 6) is -0.751. The van der Waals surface area contributed by atoms with Crippen LogP contribution in [0.2, 0.25) is 0 Å². The van der Waals surface area contributed by atoms with Crippen LogP contribution < -0.4 is 10.1 Å². The van der Waals surface area contributed by atoms with Gasteiger partial charge in [-0.3, -0.25) is 4.79 Å². The van der Waals surface area contributed by atoms with Gasteiger partial charge in [0.1, 0.15) is 0 Å². The average molecular weight is 282 g/mol. The van der Waals surface area contributed by atoms with Gasteiger partial charge in [-0.15, -0.1) is 0 Å². The standard InChI is InChI=1S/C14H19FN2O3/c1-17(9-14(19)5-6-16-8-14)13(18)10-3-4-11(15)12(7-10)20-2/h3-4,7,16,19H,5-6,8-9H2,1-2H3. The number of halogens is 1. The maximum Gasteiger partial charge on any atom is 0.253 e. The second-order valence-corrected chi connectivity index (χ2v) is 5.16. The number of ether oxygens (including phenoxy) is 1. The maximum atomic E-state index is 13.3. The summed E-state index contributed by atoms with van der Waals surface area (Å²) in [4.78, 5) is 13.7. The summed E-state index contributed by atoms with van der Waals surface area (Å²) in [6, 6.07) is 3.98. The zero-order valence-corrected chi connectivity index (χ0v) is 11.6. The summed E-state index contributed by atoms with van der Waals surface area (Å²) in [5.41, 5.74) is -0.561. The Balaban J connectivity index is 2.10. The molecule has 1 aliphatic heterocycles. The molecule has 6 heteroatoms. The van der Waals surface area contributed by atoms with E-state index in [1.165, 1.54) is 30.2 Å². The Bertz CT molecular complexity index is 501. The highest BCUT2D eigenvalue weighted by atomic mass is 19.1. The van der Waals surface area contributed by atoms with Crippen molar-refractivity contribution in [1.29, 1.82) is 0 Å². The highest BCUT2D eigenvalue weighted by Gasteiger charge is 2.33. The first-order valence-corrected chi connectivity index (χ1v) is 6.47. The Morgan fingerprint density at radius 2 is 2.35 bits per heavy atom. The third-order valence-electron chi connectivity index (χ3n) is 3.50. The highest BCUT2D eigenvalue weighted by molar-refractivity contribution is 5.94. The number of nitrogens with one attached hydrogen (secondary N) is 1. The summed E-state index contributed by atoms with van der Waals surface area (Å²) >= 11 is 0. The quantitative estimate of drug-likeness (QED) is 0.850. The van der Waals surface area contributed by atoms with Crippen LogP contribution >= 0.6 is 0 Å². The molecule has 1 heterocycles. The number of hydrogen-bond acceptors (Lipinski definition) is 4. The van der Waals surface area contributed by atoms with Crippen molar-refractivity contribution in [2.45, 2.75) is 12.0 Å². The molecule has 1 aromatic rings. The molecule has 0 bridgehead atoms. The van der Waals surface area contributed by atoms with Gasteiger partial charge in [-0.25, -0.2) is 4.39 Å². The summed E-state index contributed by atoms with van der Waals surface area (Å²) in [7, 11) is 2.97. The fraction of sp³-hybridized carbons (Fsp3) is 0.500. The zero-order valence-electron chi connectivity index (χ0n) is 11.6. The summed E-state index contributed by atoms with van der Waals surface area (Å²) < 4.78 is 18.2. The average Bonchev–Trinajstić information content (AvgIpc) is 2.85. The largest absolute Gasteiger partial charge is 0.494 e. The molecule has 1 aliphatic rings. The Hall–Kier alpha value is -1.66. The van der Waals surface area contributed by atoms with Gasteiger partial charge in [-0.2, -0.15) is 0 Å². The molecule has 0 radical (unpaired) electrons. The van der Waals surface area contributed by atoms with E-state index < -0.39 is 11.4 Å². The van der Waals surface area contributed by atoms with Crippen molar-refractivity contribution in [2.24, 2.45) is 0 Å². The van der Waals surface area contributed by atoms with Crippen LogP contribution in [0.4, 0.5) is 4.39 Å². The van der Waals surface area contributed by atoms with E-state index in [9.17, 15) is 14.3 Å². The van der Waals surface area contributed by atoms with Gasteiger partial charge in [0, 0.05) is 19.2 Å². The van der Waals surface area contributed by atoms with Crippen LogP contribution in [-0.4, -0.2) is 55.3 Å².